The number of halogens is 2. The predicted octanol–water partition coefficient (Wildman–Crippen LogP) is 4.18. The monoisotopic (exact) mass is 660 g/mol. The first-order valence-corrected chi connectivity index (χ1v) is 16.4. The molecule has 4 aliphatic heterocycles. The number of nitrogens with zero attached hydrogens (tertiary/aromatic N) is 8. The van der Waals surface area contributed by atoms with Crippen molar-refractivity contribution in [3.8, 4) is 0 Å². The van der Waals surface area contributed by atoms with E-state index >= 15 is 0 Å². The Morgan fingerprint density at radius 3 is 1.82 bits per heavy atom. The zero-order chi connectivity index (χ0) is 31.4. The minimum Gasteiger partial charge on any atom is -0.466 e. The molecule has 45 heavy (non-hydrogen) atoms. The fourth-order valence-corrected chi connectivity index (χ4v) is 6.18. The van der Waals surface area contributed by atoms with Crippen LogP contribution in [0, 0.1) is 0 Å². The molecule has 0 aromatic carbocycles. The Bertz CT molecular complexity index is 1440. The van der Waals surface area contributed by atoms with Gasteiger partial charge in [0.25, 0.3) is 0 Å². The van der Waals surface area contributed by atoms with Crippen LogP contribution >= 0.6 is 23.2 Å². The number of hydrogen-bond acceptors (Lipinski definition) is 13. The van der Waals surface area contributed by atoms with E-state index in [4.69, 9.17) is 37.4 Å². The molecule has 1 N–H and O–H groups in total. The number of esters is 1. The number of anilines is 2. The van der Waals surface area contributed by atoms with Crippen molar-refractivity contribution in [3.05, 3.63) is 22.0 Å². The quantitative estimate of drug-likeness (QED) is 0.305. The van der Waals surface area contributed by atoms with Gasteiger partial charge >= 0.3 is 5.97 Å². The van der Waals surface area contributed by atoms with Gasteiger partial charge < -0.3 is 29.1 Å². The zero-order valence-corrected chi connectivity index (χ0v) is 26.8. The average molecular weight is 662 g/mol. The smallest absolute Gasteiger partial charge is 0.305 e. The standard InChI is InChI=1S/C15H19ClN4O3.C15H19ClN4O2/c1-2-23-11(21)4-3-10-9-17-13-12(10)18-15(16)19-14(13)20-5-7-22-8-6-20;16-14-18-11-10(1-2-15(21)3-4-15)9-17-12(11)13(19-14)20-5-7-22-8-6-20/h9-10H,2-8H2,1H3;9-10,21H,1-8H2. The van der Waals surface area contributed by atoms with Gasteiger partial charge in [0, 0.05) is 56.9 Å². The Morgan fingerprint density at radius 1 is 0.867 bits per heavy atom. The number of hydrogen-bond donors (Lipinski definition) is 1. The SMILES string of the molecule is CCOC(=O)CCC1C=Nc2c1nc(Cl)nc2N1CCOCC1.OC1(CCC2C=Nc3c2nc(Cl)nc3N2CCOCC2)CC1. The lowest BCUT2D eigenvalue weighted by atomic mass is 9.98. The summed E-state index contributed by atoms with van der Waals surface area (Å²) in [6, 6.07) is 0. The lowest BCUT2D eigenvalue weighted by molar-refractivity contribution is -0.143. The van der Waals surface area contributed by atoms with Crippen LogP contribution in [0.1, 0.15) is 68.7 Å². The van der Waals surface area contributed by atoms with Crippen LogP contribution in [0.25, 0.3) is 0 Å². The Balaban J connectivity index is 0.000000159. The summed E-state index contributed by atoms with van der Waals surface area (Å²) in [5.41, 5.74) is 2.83. The van der Waals surface area contributed by atoms with Crippen molar-refractivity contribution in [3.63, 3.8) is 0 Å². The van der Waals surface area contributed by atoms with Crippen LogP contribution in [0.5, 0.6) is 0 Å². The molecular formula is C30H38Cl2N8O5. The molecule has 7 rings (SSSR count). The highest BCUT2D eigenvalue weighted by atomic mass is 35.5. The van der Waals surface area contributed by atoms with E-state index in [-0.39, 0.29) is 28.4 Å². The molecule has 6 heterocycles. The normalized spacial score (nSPS) is 22.5. The molecule has 2 aromatic heterocycles. The van der Waals surface area contributed by atoms with Crippen molar-refractivity contribution in [1.82, 2.24) is 19.9 Å². The number of carbonyl (C=O) groups is 1. The van der Waals surface area contributed by atoms with Gasteiger partial charge in [-0.15, -0.1) is 0 Å². The number of aromatic nitrogens is 4. The Morgan fingerprint density at radius 2 is 1.36 bits per heavy atom. The van der Waals surface area contributed by atoms with E-state index in [1.807, 2.05) is 12.4 Å². The lowest BCUT2D eigenvalue weighted by Gasteiger charge is -2.28. The molecule has 0 bridgehead atoms. The minimum absolute atomic E-state index is 0.0327. The molecule has 2 aromatic rings. The predicted molar refractivity (Wildman–Crippen MR) is 171 cm³/mol. The molecule has 13 nitrogen and oxygen atoms in total. The molecule has 0 spiro atoms. The van der Waals surface area contributed by atoms with E-state index in [1.54, 1.807) is 6.92 Å². The average Bonchev–Trinajstić information content (AvgIpc) is 3.45. The summed E-state index contributed by atoms with van der Waals surface area (Å²) in [4.78, 5) is 42.3. The highest BCUT2D eigenvalue weighted by Crippen LogP contribution is 2.45. The van der Waals surface area contributed by atoms with Crippen LogP contribution in [-0.4, -0.2) is 108 Å². The van der Waals surface area contributed by atoms with Gasteiger partial charge in [0.15, 0.2) is 11.6 Å². The number of carbonyl (C=O) groups excluding carboxylic acids is 1. The highest BCUT2D eigenvalue weighted by molar-refractivity contribution is 6.28. The molecule has 2 atom stereocenters. The number of aliphatic imine (C=N–C) groups is 2. The van der Waals surface area contributed by atoms with Crippen molar-refractivity contribution in [2.45, 2.75) is 62.9 Å². The minimum atomic E-state index is -0.444. The van der Waals surface area contributed by atoms with Crippen molar-refractivity contribution in [2.24, 2.45) is 9.98 Å². The van der Waals surface area contributed by atoms with Crippen molar-refractivity contribution in [2.75, 3.05) is 69.0 Å². The summed E-state index contributed by atoms with van der Waals surface area (Å²) in [6.07, 6.45) is 8.13. The third-order valence-electron chi connectivity index (χ3n) is 8.53. The van der Waals surface area contributed by atoms with E-state index in [0.29, 0.717) is 45.9 Å². The van der Waals surface area contributed by atoms with Crippen molar-refractivity contribution in [1.29, 1.82) is 0 Å². The van der Waals surface area contributed by atoms with Gasteiger partial charge in [-0.3, -0.25) is 14.8 Å². The number of fused-ring (bicyclic) bond motifs is 2. The number of aliphatic hydroxyl groups is 1. The molecule has 1 aliphatic carbocycles. The summed E-state index contributed by atoms with van der Waals surface area (Å²) in [5.74, 6) is 1.44. The maximum atomic E-state index is 11.5. The van der Waals surface area contributed by atoms with Crippen molar-refractivity contribution >= 4 is 64.6 Å². The molecule has 5 aliphatic rings. The maximum Gasteiger partial charge on any atom is 0.305 e. The summed E-state index contributed by atoms with van der Waals surface area (Å²) >= 11 is 12.2. The largest absolute Gasteiger partial charge is 0.466 e. The second-order valence-corrected chi connectivity index (χ2v) is 12.4. The van der Waals surface area contributed by atoms with Crippen molar-refractivity contribution < 1.29 is 24.1 Å². The lowest BCUT2D eigenvalue weighted by Crippen LogP contribution is -2.37. The summed E-state index contributed by atoms with van der Waals surface area (Å²) < 4.78 is 15.7. The molecule has 2 saturated heterocycles. The molecular weight excluding hydrogens is 623 g/mol. The van der Waals surface area contributed by atoms with E-state index in [9.17, 15) is 9.90 Å². The third kappa shape index (κ3) is 7.71. The van der Waals surface area contributed by atoms with Gasteiger partial charge in [-0.1, -0.05) is 0 Å². The number of morpholine rings is 2. The number of rotatable bonds is 9. The third-order valence-corrected chi connectivity index (χ3v) is 8.87. The van der Waals surface area contributed by atoms with Crippen LogP contribution in [0.2, 0.25) is 10.6 Å². The zero-order valence-electron chi connectivity index (χ0n) is 25.3. The molecule has 1 saturated carbocycles. The van der Waals surface area contributed by atoms with E-state index < -0.39 is 5.60 Å². The van der Waals surface area contributed by atoms with Crippen LogP contribution in [-0.2, 0) is 19.0 Å². The Kier molecular flexibility index (Phi) is 10.1. The summed E-state index contributed by atoms with van der Waals surface area (Å²) in [6.45, 7) is 7.98. The van der Waals surface area contributed by atoms with Crippen LogP contribution in [0.15, 0.2) is 9.98 Å². The molecule has 2 unspecified atom stereocenters. The Labute approximate surface area is 272 Å². The fourth-order valence-electron chi connectivity index (χ4n) is 5.84. The first-order chi connectivity index (χ1) is 21.8. The van der Waals surface area contributed by atoms with E-state index in [2.05, 4.69) is 39.7 Å². The molecule has 0 radical (unpaired) electrons. The maximum absolute atomic E-state index is 11.5. The van der Waals surface area contributed by atoms with Crippen LogP contribution in [0.3, 0.4) is 0 Å². The van der Waals surface area contributed by atoms with Gasteiger partial charge in [0.05, 0.1) is 50.0 Å². The summed E-state index contributed by atoms with van der Waals surface area (Å²) in [7, 11) is 0. The number of ether oxygens (including phenoxy) is 3. The van der Waals surface area contributed by atoms with Gasteiger partial charge in [0.2, 0.25) is 10.6 Å². The highest BCUT2D eigenvalue weighted by Gasteiger charge is 2.41. The second kappa shape index (κ2) is 14.2. The van der Waals surface area contributed by atoms with Gasteiger partial charge in [0.1, 0.15) is 11.4 Å². The first-order valence-electron chi connectivity index (χ1n) is 15.6. The van der Waals surface area contributed by atoms with Gasteiger partial charge in [-0.2, -0.15) is 9.97 Å². The summed E-state index contributed by atoms with van der Waals surface area (Å²) in [5, 5.41) is 10.5. The first kappa shape index (κ1) is 32.0. The molecule has 242 valence electrons. The van der Waals surface area contributed by atoms with E-state index in [0.717, 1.165) is 86.3 Å². The van der Waals surface area contributed by atoms with Gasteiger partial charge in [-0.25, -0.2) is 9.97 Å². The van der Waals surface area contributed by atoms with Crippen LogP contribution < -0.4 is 9.80 Å². The van der Waals surface area contributed by atoms with E-state index in [1.165, 1.54) is 0 Å². The topological polar surface area (TPSA) is 148 Å². The second-order valence-electron chi connectivity index (χ2n) is 11.7. The fraction of sp³-hybridized carbons (Fsp3) is 0.633. The molecule has 0 amide bonds. The van der Waals surface area contributed by atoms with Crippen LogP contribution in [0.4, 0.5) is 23.0 Å². The molecule has 3 fully saturated rings. The molecule has 15 heteroatoms. The van der Waals surface area contributed by atoms with Gasteiger partial charge in [-0.05, 0) is 62.2 Å². The Hall–Kier alpha value is -2.97.